The Morgan fingerprint density at radius 1 is 1.50 bits per heavy atom. The summed E-state index contributed by atoms with van der Waals surface area (Å²) in [6.07, 6.45) is 0.905. The highest BCUT2D eigenvalue weighted by Crippen LogP contribution is 2.21. The lowest BCUT2D eigenvalue weighted by atomic mass is 10.3. The summed E-state index contributed by atoms with van der Waals surface area (Å²) in [4.78, 5) is 17.0. The molecule has 0 aliphatic rings. The van der Waals surface area contributed by atoms with Crippen LogP contribution >= 0.6 is 11.3 Å². The smallest absolute Gasteiger partial charge is 0.240 e. The monoisotopic (exact) mass is 241 g/mol. The van der Waals surface area contributed by atoms with E-state index in [1.165, 1.54) is 16.2 Å². The van der Waals surface area contributed by atoms with Gasteiger partial charge >= 0.3 is 0 Å². The van der Waals surface area contributed by atoms with Gasteiger partial charge in [0.05, 0.1) is 12.2 Å². The Morgan fingerprint density at radius 3 is 2.69 bits per heavy atom. The average Bonchev–Trinajstić information content (AvgIpc) is 2.55. The SMILES string of the molecule is CCc1nc(NC(=O)CNC(C)C)sc1C. The van der Waals surface area contributed by atoms with Crippen molar-refractivity contribution in [2.24, 2.45) is 0 Å². The lowest BCUT2D eigenvalue weighted by Gasteiger charge is -2.06. The molecule has 1 aromatic rings. The van der Waals surface area contributed by atoms with Crippen molar-refractivity contribution in [2.45, 2.75) is 40.2 Å². The van der Waals surface area contributed by atoms with Crippen molar-refractivity contribution in [3.8, 4) is 0 Å². The summed E-state index contributed by atoms with van der Waals surface area (Å²) in [6, 6.07) is 0.315. The van der Waals surface area contributed by atoms with Crippen LogP contribution < -0.4 is 10.6 Å². The quantitative estimate of drug-likeness (QED) is 0.828. The predicted octanol–water partition coefficient (Wildman–Crippen LogP) is 1.95. The van der Waals surface area contributed by atoms with Gasteiger partial charge in [0.25, 0.3) is 0 Å². The number of anilines is 1. The highest BCUT2D eigenvalue weighted by molar-refractivity contribution is 7.15. The number of rotatable bonds is 5. The molecule has 5 heteroatoms. The molecule has 4 nitrogen and oxygen atoms in total. The summed E-state index contributed by atoms with van der Waals surface area (Å²) in [5, 5.41) is 6.56. The van der Waals surface area contributed by atoms with E-state index in [9.17, 15) is 4.79 Å². The van der Waals surface area contributed by atoms with Crippen molar-refractivity contribution in [1.82, 2.24) is 10.3 Å². The van der Waals surface area contributed by atoms with E-state index < -0.39 is 0 Å². The number of aryl methyl sites for hydroxylation is 2. The maximum absolute atomic E-state index is 11.5. The van der Waals surface area contributed by atoms with Gasteiger partial charge in [0.2, 0.25) is 5.91 Å². The van der Waals surface area contributed by atoms with Crippen LogP contribution in [0.1, 0.15) is 31.3 Å². The molecule has 0 radical (unpaired) electrons. The van der Waals surface area contributed by atoms with Crippen LogP contribution in [0.3, 0.4) is 0 Å². The second-order valence-electron chi connectivity index (χ2n) is 3.96. The first-order valence-electron chi connectivity index (χ1n) is 5.52. The number of carbonyl (C=O) groups is 1. The standard InChI is InChI=1S/C11H19N3OS/c1-5-9-8(4)16-11(13-9)14-10(15)6-12-7(2)3/h7,12H,5-6H2,1-4H3,(H,13,14,15). The van der Waals surface area contributed by atoms with Crippen LogP contribution in [0.2, 0.25) is 0 Å². The molecule has 0 unspecified atom stereocenters. The second-order valence-corrected chi connectivity index (χ2v) is 5.16. The second kappa shape index (κ2) is 5.96. The van der Waals surface area contributed by atoms with Crippen molar-refractivity contribution < 1.29 is 4.79 Å². The lowest BCUT2D eigenvalue weighted by Crippen LogP contribution is -2.32. The number of amides is 1. The van der Waals surface area contributed by atoms with Gasteiger partial charge in [0.1, 0.15) is 0 Å². The Hall–Kier alpha value is -0.940. The van der Waals surface area contributed by atoms with E-state index in [1.807, 2.05) is 20.8 Å². The summed E-state index contributed by atoms with van der Waals surface area (Å²) in [7, 11) is 0. The first kappa shape index (κ1) is 13.1. The first-order valence-corrected chi connectivity index (χ1v) is 6.34. The van der Waals surface area contributed by atoms with Gasteiger partial charge in [-0.05, 0) is 13.3 Å². The fraction of sp³-hybridized carbons (Fsp3) is 0.636. The molecule has 1 amide bonds. The van der Waals surface area contributed by atoms with Gasteiger partial charge in [-0.15, -0.1) is 11.3 Å². The van der Waals surface area contributed by atoms with Gasteiger partial charge in [-0.25, -0.2) is 4.98 Å². The van der Waals surface area contributed by atoms with E-state index in [0.717, 1.165) is 12.1 Å². The fourth-order valence-corrected chi connectivity index (χ4v) is 2.19. The predicted molar refractivity (Wildman–Crippen MR) is 68.0 cm³/mol. The average molecular weight is 241 g/mol. The van der Waals surface area contributed by atoms with Gasteiger partial charge < -0.3 is 10.6 Å². The highest BCUT2D eigenvalue weighted by atomic mass is 32.1. The highest BCUT2D eigenvalue weighted by Gasteiger charge is 2.09. The molecule has 1 heterocycles. The molecule has 90 valence electrons. The fourth-order valence-electron chi connectivity index (χ4n) is 1.27. The third-order valence-corrected chi connectivity index (χ3v) is 3.07. The van der Waals surface area contributed by atoms with Gasteiger partial charge in [-0.1, -0.05) is 20.8 Å². The Balaban J connectivity index is 2.49. The van der Waals surface area contributed by atoms with Crippen LogP contribution in [-0.4, -0.2) is 23.5 Å². The Bertz CT molecular complexity index is 360. The van der Waals surface area contributed by atoms with Crippen LogP contribution in [-0.2, 0) is 11.2 Å². The zero-order chi connectivity index (χ0) is 12.1. The molecule has 0 aromatic carbocycles. The van der Waals surface area contributed by atoms with Crippen LogP contribution in [0.25, 0.3) is 0 Å². The number of nitrogens with zero attached hydrogens (tertiary/aromatic N) is 1. The molecule has 0 saturated heterocycles. The largest absolute Gasteiger partial charge is 0.306 e. The van der Waals surface area contributed by atoms with Gasteiger partial charge in [-0.2, -0.15) is 0 Å². The third kappa shape index (κ3) is 3.90. The summed E-state index contributed by atoms with van der Waals surface area (Å²) in [6.45, 7) is 8.44. The van der Waals surface area contributed by atoms with Crippen molar-refractivity contribution in [1.29, 1.82) is 0 Å². The lowest BCUT2D eigenvalue weighted by molar-refractivity contribution is -0.115. The number of carbonyl (C=O) groups excluding carboxylic acids is 1. The molecule has 2 N–H and O–H groups in total. The molecule has 0 bridgehead atoms. The van der Waals surface area contributed by atoms with Crippen molar-refractivity contribution in [3.05, 3.63) is 10.6 Å². The minimum absolute atomic E-state index is 0.0369. The van der Waals surface area contributed by atoms with E-state index in [2.05, 4.69) is 22.5 Å². The molecular formula is C11H19N3OS. The Morgan fingerprint density at radius 2 is 2.19 bits per heavy atom. The van der Waals surface area contributed by atoms with E-state index >= 15 is 0 Å². The van der Waals surface area contributed by atoms with E-state index in [0.29, 0.717) is 17.7 Å². The topological polar surface area (TPSA) is 54.0 Å². The van der Waals surface area contributed by atoms with Crippen molar-refractivity contribution in [3.63, 3.8) is 0 Å². The van der Waals surface area contributed by atoms with Gasteiger partial charge in [-0.3, -0.25) is 4.79 Å². The number of aromatic nitrogens is 1. The Kier molecular flexibility index (Phi) is 4.89. The third-order valence-electron chi connectivity index (χ3n) is 2.14. The Labute approximate surface area is 100 Å². The van der Waals surface area contributed by atoms with E-state index in [-0.39, 0.29) is 5.91 Å². The molecule has 0 spiro atoms. The number of thiazole rings is 1. The molecule has 1 rings (SSSR count). The zero-order valence-corrected chi connectivity index (χ0v) is 11.1. The van der Waals surface area contributed by atoms with Gasteiger partial charge in [0.15, 0.2) is 5.13 Å². The molecule has 16 heavy (non-hydrogen) atoms. The summed E-state index contributed by atoms with van der Waals surface area (Å²) in [5.41, 5.74) is 1.07. The van der Waals surface area contributed by atoms with Crippen molar-refractivity contribution in [2.75, 3.05) is 11.9 Å². The minimum atomic E-state index is -0.0369. The summed E-state index contributed by atoms with van der Waals surface area (Å²) < 4.78 is 0. The van der Waals surface area contributed by atoms with Crippen LogP contribution in [0.4, 0.5) is 5.13 Å². The minimum Gasteiger partial charge on any atom is -0.306 e. The van der Waals surface area contributed by atoms with E-state index in [1.54, 1.807) is 0 Å². The number of hydrogen-bond donors (Lipinski definition) is 2. The number of nitrogens with one attached hydrogen (secondary N) is 2. The summed E-state index contributed by atoms with van der Waals surface area (Å²) >= 11 is 1.53. The van der Waals surface area contributed by atoms with Crippen molar-refractivity contribution >= 4 is 22.4 Å². The molecule has 0 saturated carbocycles. The van der Waals surface area contributed by atoms with E-state index in [4.69, 9.17) is 0 Å². The summed E-state index contributed by atoms with van der Waals surface area (Å²) in [5.74, 6) is -0.0369. The molecular weight excluding hydrogens is 222 g/mol. The molecule has 0 atom stereocenters. The normalized spacial score (nSPS) is 10.8. The zero-order valence-electron chi connectivity index (χ0n) is 10.3. The van der Waals surface area contributed by atoms with Crippen LogP contribution in [0.5, 0.6) is 0 Å². The molecule has 0 aliphatic heterocycles. The van der Waals surface area contributed by atoms with Gasteiger partial charge in [0, 0.05) is 10.9 Å². The van der Waals surface area contributed by atoms with Crippen LogP contribution in [0, 0.1) is 6.92 Å². The molecule has 1 aromatic heterocycles. The molecule has 0 fully saturated rings. The van der Waals surface area contributed by atoms with Crippen LogP contribution in [0.15, 0.2) is 0 Å². The maximum atomic E-state index is 11.5. The molecule has 0 aliphatic carbocycles. The number of hydrogen-bond acceptors (Lipinski definition) is 4. The first-order chi connectivity index (χ1) is 7.52. The maximum Gasteiger partial charge on any atom is 0.240 e.